The first-order valence-corrected chi connectivity index (χ1v) is 8.86. The molecule has 2 aliphatic heterocycles. The van der Waals surface area contributed by atoms with Crippen molar-refractivity contribution in [3.8, 4) is 0 Å². The Labute approximate surface area is 145 Å². The number of nitrogens with zero attached hydrogens (tertiary/aromatic N) is 1. The van der Waals surface area contributed by atoms with Gasteiger partial charge in [-0.2, -0.15) is 5.06 Å². The van der Waals surface area contributed by atoms with Crippen molar-refractivity contribution < 1.29 is 9.63 Å². The van der Waals surface area contributed by atoms with Gasteiger partial charge in [-0.25, -0.2) is 0 Å². The summed E-state index contributed by atoms with van der Waals surface area (Å²) in [5.41, 5.74) is 4.10. The molecule has 2 heterocycles. The van der Waals surface area contributed by atoms with Crippen molar-refractivity contribution in [1.82, 2.24) is 5.06 Å². The van der Waals surface area contributed by atoms with Crippen molar-refractivity contribution in [3.63, 3.8) is 0 Å². The molecule has 0 N–H and O–H groups in total. The van der Waals surface area contributed by atoms with E-state index >= 15 is 0 Å². The van der Waals surface area contributed by atoms with Gasteiger partial charge in [0, 0.05) is 12.0 Å². The Balaban J connectivity index is 1.52. The number of carbonyl (C=O) groups excluding carboxylic acids is 1. The first kappa shape index (κ1) is 15.2. The van der Waals surface area contributed by atoms with Crippen LogP contribution in [-0.4, -0.2) is 16.3 Å². The minimum absolute atomic E-state index is 0.0216. The number of fused-ring (bicyclic) bond motifs is 1. The monoisotopic (exact) mass is 335 g/mol. The van der Waals surface area contributed by atoms with Crippen molar-refractivity contribution in [1.29, 1.82) is 0 Å². The summed E-state index contributed by atoms with van der Waals surface area (Å²) in [7, 11) is 0. The highest BCUT2D eigenvalue weighted by Gasteiger charge is 2.41. The summed E-state index contributed by atoms with van der Waals surface area (Å²) >= 11 is 1.62. The first-order valence-electron chi connectivity index (χ1n) is 7.92. The van der Waals surface area contributed by atoms with Gasteiger partial charge in [0.25, 0.3) is 5.91 Å². The Morgan fingerprint density at radius 1 is 0.958 bits per heavy atom. The molecule has 0 radical (unpaired) electrons. The average molecular weight is 335 g/mol. The second-order valence-corrected chi connectivity index (χ2v) is 6.77. The van der Waals surface area contributed by atoms with Gasteiger partial charge in [-0.15, -0.1) is 11.8 Å². The van der Waals surface area contributed by atoms with Gasteiger partial charge < -0.3 is 0 Å². The van der Waals surface area contributed by atoms with Gasteiger partial charge in [0.2, 0.25) is 0 Å². The van der Waals surface area contributed by atoms with Gasteiger partial charge in [-0.05, 0) is 28.2 Å². The van der Waals surface area contributed by atoms with Crippen LogP contribution in [0.25, 0.3) is 0 Å². The van der Waals surface area contributed by atoms with Crippen LogP contribution < -0.4 is 0 Å². The van der Waals surface area contributed by atoms with E-state index in [0.717, 1.165) is 22.3 Å². The van der Waals surface area contributed by atoms with Crippen molar-refractivity contribution in [2.75, 3.05) is 0 Å². The molecule has 24 heavy (non-hydrogen) atoms. The van der Waals surface area contributed by atoms with Crippen LogP contribution in [-0.2, 0) is 22.7 Å². The highest BCUT2D eigenvalue weighted by atomic mass is 32.2. The van der Waals surface area contributed by atoms with E-state index in [1.807, 2.05) is 60.0 Å². The third kappa shape index (κ3) is 2.90. The maximum Gasteiger partial charge on any atom is 0.275 e. The minimum Gasteiger partial charge on any atom is -0.267 e. The molecule has 1 unspecified atom stereocenters. The molecule has 4 rings (SSSR count). The van der Waals surface area contributed by atoms with Crippen LogP contribution in [0.2, 0.25) is 0 Å². The van der Waals surface area contributed by atoms with Crippen molar-refractivity contribution in [3.05, 3.63) is 94.4 Å². The van der Waals surface area contributed by atoms with Crippen molar-refractivity contribution >= 4 is 17.7 Å². The maximum atomic E-state index is 12.8. The second kappa shape index (κ2) is 6.67. The maximum absolute atomic E-state index is 12.8. The number of hydroxylamine groups is 2. The summed E-state index contributed by atoms with van der Waals surface area (Å²) in [6.45, 7) is 0.398. The predicted molar refractivity (Wildman–Crippen MR) is 95.8 cm³/mol. The van der Waals surface area contributed by atoms with E-state index in [1.54, 1.807) is 11.8 Å². The molecule has 2 aromatic rings. The molecule has 0 spiro atoms. The Morgan fingerprint density at radius 3 is 2.33 bits per heavy atom. The summed E-state index contributed by atoms with van der Waals surface area (Å²) in [6, 6.07) is 20.0. The Kier molecular flexibility index (Phi) is 4.24. The fraction of sp³-hybridized carbons (Fsp3) is 0.150. The number of thioether (sulfide) groups is 1. The van der Waals surface area contributed by atoms with E-state index in [0.29, 0.717) is 13.0 Å². The molecule has 4 heteroatoms. The minimum atomic E-state index is -0.0556. The van der Waals surface area contributed by atoms with E-state index in [9.17, 15) is 4.79 Å². The molecule has 0 saturated heterocycles. The van der Waals surface area contributed by atoms with E-state index < -0.39 is 0 Å². The topological polar surface area (TPSA) is 29.5 Å². The van der Waals surface area contributed by atoms with Gasteiger partial charge in [0.1, 0.15) is 12.0 Å². The summed E-state index contributed by atoms with van der Waals surface area (Å²) in [5.74, 6) is -0.0216. The first-order chi connectivity index (χ1) is 11.8. The third-order valence-electron chi connectivity index (χ3n) is 4.18. The number of benzene rings is 2. The van der Waals surface area contributed by atoms with E-state index in [2.05, 4.69) is 12.1 Å². The molecular weight excluding hydrogens is 318 g/mol. The smallest absolute Gasteiger partial charge is 0.267 e. The van der Waals surface area contributed by atoms with E-state index in [4.69, 9.17) is 4.84 Å². The average Bonchev–Trinajstić information content (AvgIpc) is 3.18. The van der Waals surface area contributed by atoms with Crippen LogP contribution in [0.4, 0.5) is 0 Å². The summed E-state index contributed by atoms with van der Waals surface area (Å²) in [6.07, 6.45) is 2.68. The molecule has 0 fully saturated rings. The van der Waals surface area contributed by atoms with Crippen molar-refractivity contribution in [2.45, 2.75) is 18.4 Å². The molecule has 1 amide bonds. The number of hydrogen-bond acceptors (Lipinski definition) is 3. The third-order valence-corrected chi connectivity index (χ3v) is 5.17. The molecule has 120 valence electrons. The number of hydrogen-bond donors (Lipinski definition) is 0. The largest absolute Gasteiger partial charge is 0.275 e. The molecule has 3 nitrogen and oxygen atoms in total. The van der Waals surface area contributed by atoms with Gasteiger partial charge in [-0.3, -0.25) is 9.63 Å². The normalized spacial score (nSPS) is 19.2. The molecule has 0 bridgehead atoms. The fourth-order valence-electron chi connectivity index (χ4n) is 2.96. The zero-order valence-electron chi connectivity index (χ0n) is 13.1. The van der Waals surface area contributed by atoms with Gasteiger partial charge in [0.05, 0.1) is 0 Å². The van der Waals surface area contributed by atoms with Crippen LogP contribution in [0, 0.1) is 0 Å². The lowest BCUT2D eigenvalue weighted by Gasteiger charge is -2.22. The SMILES string of the molecule is O=C1C(Cc2ccccc2)=C2C=CSC2N1OCc1ccccc1. The highest BCUT2D eigenvalue weighted by molar-refractivity contribution is 8.03. The predicted octanol–water partition coefficient (Wildman–Crippen LogP) is 4.09. The molecular formula is C20H17NO2S. The Hall–Kier alpha value is -2.30. The quantitative estimate of drug-likeness (QED) is 0.824. The van der Waals surface area contributed by atoms with E-state index in [1.165, 1.54) is 5.06 Å². The van der Waals surface area contributed by atoms with Crippen LogP contribution in [0.5, 0.6) is 0 Å². The molecule has 2 aliphatic rings. The number of amides is 1. The van der Waals surface area contributed by atoms with Crippen LogP contribution >= 0.6 is 11.8 Å². The fourth-order valence-corrected chi connectivity index (χ4v) is 3.97. The summed E-state index contributed by atoms with van der Waals surface area (Å²) < 4.78 is 0. The molecule has 2 aromatic carbocycles. The van der Waals surface area contributed by atoms with Gasteiger partial charge in [0.15, 0.2) is 0 Å². The molecule has 0 aliphatic carbocycles. The molecule has 1 atom stereocenters. The lowest BCUT2D eigenvalue weighted by molar-refractivity contribution is -0.184. The van der Waals surface area contributed by atoms with Crippen LogP contribution in [0.15, 0.2) is 83.3 Å². The highest BCUT2D eigenvalue weighted by Crippen LogP contribution is 2.41. The lowest BCUT2D eigenvalue weighted by atomic mass is 10.0. The number of carbonyl (C=O) groups is 1. The zero-order valence-corrected chi connectivity index (χ0v) is 13.9. The standard InChI is InChI=1S/C20H17NO2S/c22-19-18(13-15-7-3-1-4-8-15)17-11-12-24-20(17)21(19)23-14-16-9-5-2-6-10-16/h1-12,20H,13-14H2. The zero-order chi connectivity index (χ0) is 16.4. The molecule has 0 aromatic heterocycles. The van der Waals surface area contributed by atoms with Gasteiger partial charge >= 0.3 is 0 Å². The Morgan fingerprint density at radius 2 is 1.62 bits per heavy atom. The van der Waals surface area contributed by atoms with Crippen LogP contribution in [0.3, 0.4) is 0 Å². The summed E-state index contributed by atoms with van der Waals surface area (Å²) in [4.78, 5) is 18.7. The van der Waals surface area contributed by atoms with E-state index in [-0.39, 0.29) is 11.3 Å². The molecule has 0 saturated carbocycles. The summed E-state index contributed by atoms with van der Waals surface area (Å²) in [5, 5.41) is 3.52. The number of rotatable bonds is 5. The lowest BCUT2D eigenvalue weighted by Crippen LogP contribution is -2.33. The Bertz CT molecular complexity index is 799. The van der Waals surface area contributed by atoms with Gasteiger partial charge in [-0.1, -0.05) is 60.7 Å². The van der Waals surface area contributed by atoms with Crippen molar-refractivity contribution in [2.24, 2.45) is 0 Å². The second-order valence-electron chi connectivity index (χ2n) is 5.78. The van der Waals surface area contributed by atoms with Crippen LogP contribution in [0.1, 0.15) is 11.1 Å².